The van der Waals surface area contributed by atoms with Crippen molar-refractivity contribution in [3.8, 4) is 0 Å². The summed E-state index contributed by atoms with van der Waals surface area (Å²) < 4.78 is 1.99. The molecule has 0 radical (unpaired) electrons. The average Bonchev–Trinajstić information content (AvgIpc) is 2.96. The molecule has 0 aliphatic rings. The Morgan fingerprint density at radius 3 is 3.00 bits per heavy atom. The van der Waals surface area contributed by atoms with Crippen molar-refractivity contribution in [3.63, 3.8) is 0 Å². The van der Waals surface area contributed by atoms with E-state index in [1.807, 2.05) is 23.1 Å². The Morgan fingerprint density at radius 2 is 2.38 bits per heavy atom. The van der Waals surface area contributed by atoms with Crippen LogP contribution in [-0.2, 0) is 6.54 Å². The molecular formula is C12H17N3S. The lowest BCUT2D eigenvalue weighted by Gasteiger charge is -2.21. The summed E-state index contributed by atoms with van der Waals surface area (Å²) in [6.07, 6.45) is 3.83. The van der Waals surface area contributed by atoms with E-state index in [1.165, 1.54) is 5.56 Å². The fourth-order valence-corrected chi connectivity index (χ4v) is 2.26. The standard InChI is InChI=1S/C12H17N3S/c1-10(11(2)15-6-3-5-14-15)13-8-12-4-7-16-9-12/h3-7,9-11,13H,8H2,1-2H3/t10-,11-/m1/s1. The molecule has 2 atom stereocenters. The van der Waals surface area contributed by atoms with Gasteiger partial charge in [-0.1, -0.05) is 0 Å². The van der Waals surface area contributed by atoms with Gasteiger partial charge in [0.25, 0.3) is 0 Å². The monoisotopic (exact) mass is 235 g/mol. The molecule has 0 unspecified atom stereocenters. The first-order valence-electron chi connectivity index (χ1n) is 5.51. The minimum Gasteiger partial charge on any atom is -0.308 e. The van der Waals surface area contributed by atoms with Gasteiger partial charge in [0.2, 0.25) is 0 Å². The molecule has 0 amide bonds. The van der Waals surface area contributed by atoms with Crippen LogP contribution in [0.25, 0.3) is 0 Å². The van der Waals surface area contributed by atoms with Gasteiger partial charge in [0.15, 0.2) is 0 Å². The van der Waals surface area contributed by atoms with E-state index in [2.05, 4.69) is 41.1 Å². The Labute approximate surface area is 100 Å². The predicted molar refractivity (Wildman–Crippen MR) is 67.6 cm³/mol. The van der Waals surface area contributed by atoms with Crippen molar-refractivity contribution in [1.82, 2.24) is 15.1 Å². The molecule has 0 saturated heterocycles. The maximum atomic E-state index is 4.26. The Balaban J connectivity index is 1.86. The average molecular weight is 235 g/mol. The van der Waals surface area contributed by atoms with E-state index in [0.717, 1.165) is 6.54 Å². The maximum absolute atomic E-state index is 4.26. The highest BCUT2D eigenvalue weighted by molar-refractivity contribution is 7.07. The molecular weight excluding hydrogens is 218 g/mol. The molecule has 0 bridgehead atoms. The molecule has 3 nitrogen and oxygen atoms in total. The van der Waals surface area contributed by atoms with E-state index in [1.54, 1.807) is 11.3 Å². The minimum atomic E-state index is 0.369. The van der Waals surface area contributed by atoms with Crippen molar-refractivity contribution in [2.75, 3.05) is 0 Å². The molecule has 0 fully saturated rings. The van der Waals surface area contributed by atoms with Gasteiger partial charge < -0.3 is 5.32 Å². The second-order valence-electron chi connectivity index (χ2n) is 4.03. The normalized spacial score (nSPS) is 14.9. The molecule has 2 heterocycles. The molecule has 4 heteroatoms. The van der Waals surface area contributed by atoms with Crippen LogP contribution in [-0.4, -0.2) is 15.8 Å². The van der Waals surface area contributed by atoms with Crippen LogP contribution in [0.3, 0.4) is 0 Å². The summed E-state index contributed by atoms with van der Waals surface area (Å²) in [5, 5.41) is 12.1. The van der Waals surface area contributed by atoms with Gasteiger partial charge in [0.05, 0.1) is 6.04 Å². The summed E-state index contributed by atoms with van der Waals surface area (Å²) in [6.45, 7) is 5.30. The van der Waals surface area contributed by atoms with Crippen molar-refractivity contribution in [1.29, 1.82) is 0 Å². The lowest BCUT2D eigenvalue weighted by Crippen LogP contribution is -2.33. The third kappa shape index (κ3) is 2.71. The van der Waals surface area contributed by atoms with Crippen LogP contribution in [0.5, 0.6) is 0 Å². The Morgan fingerprint density at radius 1 is 1.50 bits per heavy atom. The van der Waals surface area contributed by atoms with Gasteiger partial charge in [-0.05, 0) is 42.3 Å². The second-order valence-corrected chi connectivity index (χ2v) is 4.81. The van der Waals surface area contributed by atoms with Gasteiger partial charge in [0.1, 0.15) is 0 Å². The van der Waals surface area contributed by atoms with Crippen LogP contribution in [0.1, 0.15) is 25.5 Å². The summed E-state index contributed by atoms with van der Waals surface area (Å²) in [5.74, 6) is 0. The van der Waals surface area contributed by atoms with Gasteiger partial charge >= 0.3 is 0 Å². The van der Waals surface area contributed by atoms with Gasteiger partial charge in [-0.2, -0.15) is 16.4 Å². The van der Waals surface area contributed by atoms with Crippen LogP contribution in [0.4, 0.5) is 0 Å². The molecule has 16 heavy (non-hydrogen) atoms. The first-order valence-corrected chi connectivity index (χ1v) is 6.45. The summed E-state index contributed by atoms with van der Waals surface area (Å²) in [5.41, 5.74) is 1.35. The Bertz CT molecular complexity index is 394. The smallest absolute Gasteiger partial charge is 0.0641 e. The molecule has 2 aromatic heterocycles. The van der Waals surface area contributed by atoms with Crippen molar-refractivity contribution >= 4 is 11.3 Å². The Hall–Kier alpha value is -1.13. The van der Waals surface area contributed by atoms with E-state index in [-0.39, 0.29) is 0 Å². The number of hydrogen-bond donors (Lipinski definition) is 1. The maximum Gasteiger partial charge on any atom is 0.0641 e. The molecule has 1 N–H and O–H groups in total. The largest absolute Gasteiger partial charge is 0.308 e. The molecule has 2 rings (SSSR count). The number of hydrogen-bond acceptors (Lipinski definition) is 3. The lowest BCUT2D eigenvalue weighted by molar-refractivity contribution is 0.365. The lowest BCUT2D eigenvalue weighted by atomic mass is 10.1. The fourth-order valence-electron chi connectivity index (χ4n) is 1.59. The number of aromatic nitrogens is 2. The molecule has 2 aromatic rings. The second kappa shape index (κ2) is 5.27. The van der Waals surface area contributed by atoms with Gasteiger partial charge in [-0.3, -0.25) is 4.68 Å². The van der Waals surface area contributed by atoms with E-state index >= 15 is 0 Å². The molecule has 86 valence electrons. The number of nitrogens with zero attached hydrogens (tertiary/aromatic N) is 2. The third-order valence-corrected chi connectivity index (χ3v) is 3.61. The number of rotatable bonds is 5. The van der Waals surface area contributed by atoms with Crippen LogP contribution in [0.2, 0.25) is 0 Å². The third-order valence-electron chi connectivity index (χ3n) is 2.87. The zero-order chi connectivity index (χ0) is 11.4. The molecule has 0 spiro atoms. The predicted octanol–water partition coefficient (Wildman–Crippen LogP) is 2.68. The summed E-state index contributed by atoms with van der Waals surface area (Å²) in [4.78, 5) is 0. The van der Waals surface area contributed by atoms with E-state index in [9.17, 15) is 0 Å². The van der Waals surface area contributed by atoms with Crippen molar-refractivity contribution in [3.05, 3.63) is 40.8 Å². The quantitative estimate of drug-likeness (QED) is 0.863. The highest BCUT2D eigenvalue weighted by Crippen LogP contribution is 2.11. The van der Waals surface area contributed by atoms with Crippen LogP contribution >= 0.6 is 11.3 Å². The molecule has 0 aromatic carbocycles. The zero-order valence-electron chi connectivity index (χ0n) is 9.63. The number of thiophene rings is 1. The van der Waals surface area contributed by atoms with E-state index in [0.29, 0.717) is 12.1 Å². The summed E-state index contributed by atoms with van der Waals surface area (Å²) in [6, 6.07) is 4.89. The molecule has 0 saturated carbocycles. The highest BCUT2D eigenvalue weighted by Gasteiger charge is 2.13. The SMILES string of the molecule is C[C@H]([C@@H](C)NCc1ccsc1)n1cccn1. The topological polar surface area (TPSA) is 29.9 Å². The zero-order valence-corrected chi connectivity index (χ0v) is 10.4. The number of nitrogens with one attached hydrogen (secondary N) is 1. The fraction of sp³-hybridized carbons (Fsp3) is 0.417. The van der Waals surface area contributed by atoms with E-state index < -0.39 is 0 Å². The van der Waals surface area contributed by atoms with E-state index in [4.69, 9.17) is 0 Å². The van der Waals surface area contributed by atoms with Crippen LogP contribution in [0.15, 0.2) is 35.3 Å². The van der Waals surface area contributed by atoms with Crippen LogP contribution < -0.4 is 5.32 Å². The summed E-state index contributed by atoms with van der Waals surface area (Å²) >= 11 is 1.74. The summed E-state index contributed by atoms with van der Waals surface area (Å²) in [7, 11) is 0. The van der Waals surface area contributed by atoms with Crippen molar-refractivity contribution in [2.24, 2.45) is 0 Å². The molecule has 0 aliphatic heterocycles. The first kappa shape index (κ1) is 11.4. The minimum absolute atomic E-state index is 0.369. The van der Waals surface area contributed by atoms with Crippen molar-refractivity contribution < 1.29 is 0 Å². The Kier molecular flexibility index (Phi) is 3.74. The van der Waals surface area contributed by atoms with Crippen LogP contribution in [0, 0.1) is 0 Å². The highest BCUT2D eigenvalue weighted by atomic mass is 32.1. The van der Waals surface area contributed by atoms with Gasteiger partial charge in [0, 0.05) is 25.0 Å². The molecule has 0 aliphatic carbocycles. The van der Waals surface area contributed by atoms with Crippen molar-refractivity contribution in [2.45, 2.75) is 32.5 Å². The van der Waals surface area contributed by atoms with Gasteiger partial charge in [-0.15, -0.1) is 0 Å². The first-order chi connectivity index (χ1) is 7.77. The van der Waals surface area contributed by atoms with Gasteiger partial charge in [-0.25, -0.2) is 0 Å².